The summed E-state index contributed by atoms with van der Waals surface area (Å²) in [7, 11) is -3.54. The molecule has 2 fully saturated rings. The quantitative estimate of drug-likeness (QED) is 0.448. The van der Waals surface area contributed by atoms with Crippen molar-refractivity contribution in [2.45, 2.75) is 50.1 Å². The number of aryl methyl sites for hydroxylation is 1. The Morgan fingerprint density at radius 1 is 1.13 bits per heavy atom. The van der Waals surface area contributed by atoms with Crippen LogP contribution in [0.25, 0.3) is 0 Å². The first-order chi connectivity index (χ1) is 14.9. The Kier molecular flexibility index (Phi) is 6.74. The fourth-order valence-corrected chi connectivity index (χ4v) is 5.37. The number of rotatable bonds is 10. The zero-order valence-corrected chi connectivity index (χ0v) is 18.7. The van der Waals surface area contributed by atoms with Crippen LogP contribution in [0.3, 0.4) is 0 Å². The highest BCUT2D eigenvalue weighted by Crippen LogP contribution is 2.32. The summed E-state index contributed by atoms with van der Waals surface area (Å²) in [5, 5.41) is 0. The van der Waals surface area contributed by atoms with Gasteiger partial charge in [-0.2, -0.15) is 4.72 Å². The molecule has 1 aliphatic carbocycles. The lowest BCUT2D eigenvalue weighted by Crippen LogP contribution is -2.44. The third-order valence-corrected chi connectivity index (χ3v) is 7.36. The molecule has 0 amide bonds. The van der Waals surface area contributed by atoms with E-state index in [1.54, 1.807) is 18.2 Å². The second-order valence-corrected chi connectivity index (χ2v) is 10.2. The number of benzene rings is 2. The molecule has 1 atom stereocenters. The van der Waals surface area contributed by atoms with E-state index in [-0.39, 0.29) is 17.9 Å². The maximum Gasteiger partial charge on any atom is 0.241 e. The van der Waals surface area contributed by atoms with Crippen LogP contribution in [-0.2, 0) is 10.0 Å². The van der Waals surface area contributed by atoms with Gasteiger partial charge in [0.25, 0.3) is 0 Å². The summed E-state index contributed by atoms with van der Waals surface area (Å²) in [5.74, 6) is 1.22. The minimum Gasteiger partial charge on any atom is -0.494 e. The molecular weight excluding hydrogens is 412 g/mol. The zero-order valence-electron chi connectivity index (χ0n) is 17.9. The molecule has 1 aliphatic heterocycles. The van der Waals surface area contributed by atoms with Crippen LogP contribution in [0, 0.1) is 12.8 Å². The molecule has 2 aromatic carbocycles. The highest BCUT2D eigenvalue weighted by molar-refractivity contribution is 7.89. The Morgan fingerprint density at radius 2 is 1.90 bits per heavy atom. The van der Waals surface area contributed by atoms with E-state index in [1.807, 2.05) is 37.3 Å². The number of Topliss-reactive ketones (excluding diaryl/α,β-unsaturated/α-hetero) is 1. The summed E-state index contributed by atoms with van der Waals surface area (Å²) in [6, 6.07) is 14.4. The molecule has 1 N–H and O–H groups in total. The van der Waals surface area contributed by atoms with Crippen molar-refractivity contribution in [2.24, 2.45) is 5.92 Å². The molecule has 2 aliphatic rings. The van der Waals surface area contributed by atoms with Crippen LogP contribution in [0.1, 0.15) is 48.0 Å². The summed E-state index contributed by atoms with van der Waals surface area (Å²) >= 11 is 0. The first-order valence-corrected chi connectivity index (χ1v) is 12.5. The van der Waals surface area contributed by atoms with E-state index in [2.05, 4.69) is 9.62 Å². The predicted octanol–water partition coefficient (Wildman–Crippen LogP) is 3.76. The van der Waals surface area contributed by atoms with Crippen LogP contribution in [0.5, 0.6) is 5.75 Å². The minimum atomic E-state index is -3.54. The lowest BCUT2D eigenvalue weighted by molar-refractivity contribution is 0.0967. The van der Waals surface area contributed by atoms with E-state index in [1.165, 1.54) is 0 Å². The standard InChI is InChI=1S/C24H30N2O4S/c1-18-5-2-6-22(17-18)31(28,29)25-23-7-3-14-26(23)15-4-16-30-21-12-10-20(11-13-21)24(27)19-8-9-19/h2,5-6,10-13,17,19,23,25H,3-4,7-9,14-16H2,1H3. The van der Waals surface area contributed by atoms with Crippen LogP contribution >= 0.6 is 0 Å². The highest BCUT2D eigenvalue weighted by atomic mass is 32.2. The van der Waals surface area contributed by atoms with Gasteiger partial charge in [0, 0.05) is 18.0 Å². The third-order valence-electron chi connectivity index (χ3n) is 5.90. The number of hydrogen-bond acceptors (Lipinski definition) is 5. The topological polar surface area (TPSA) is 75.7 Å². The molecule has 6 nitrogen and oxygen atoms in total. The zero-order chi connectivity index (χ0) is 21.8. The van der Waals surface area contributed by atoms with Gasteiger partial charge in [-0.05, 0) is 87.5 Å². The SMILES string of the molecule is Cc1cccc(S(=O)(=O)NC2CCCN2CCCOc2ccc(C(=O)C3CC3)cc2)c1. The average Bonchev–Trinajstić information content (AvgIpc) is 3.52. The maximum atomic E-state index is 12.7. The monoisotopic (exact) mass is 442 g/mol. The molecule has 7 heteroatoms. The van der Waals surface area contributed by atoms with Crippen molar-refractivity contribution in [1.82, 2.24) is 9.62 Å². The lowest BCUT2D eigenvalue weighted by atomic mass is 10.1. The van der Waals surface area contributed by atoms with Gasteiger partial charge in [0.05, 0.1) is 17.7 Å². The minimum absolute atomic E-state index is 0.182. The first-order valence-electron chi connectivity index (χ1n) is 11.0. The molecule has 1 saturated heterocycles. The number of ether oxygens (including phenoxy) is 1. The maximum absolute atomic E-state index is 12.7. The third kappa shape index (κ3) is 5.73. The van der Waals surface area contributed by atoms with Crippen molar-refractivity contribution >= 4 is 15.8 Å². The van der Waals surface area contributed by atoms with E-state index < -0.39 is 10.0 Å². The number of hydrogen-bond donors (Lipinski definition) is 1. The fourth-order valence-electron chi connectivity index (χ4n) is 4.01. The average molecular weight is 443 g/mol. The van der Waals surface area contributed by atoms with Gasteiger partial charge in [0.2, 0.25) is 10.0 Å². The second kappa shape index (κ2) is 9.51. The van der Waals surface area contributed by atoms with Crippen molar-refractivity contribution in [1.29, 1.82) is 0 Å². The number of nitrogens with one attached hydrogen (secondary N) is 1. The molecule has 31 heavy (non-hydrogen) atoms. The van der Waals surface area contributed by atoms with Crippen LogP contribution in [0.15, 0.2) is 53.4 Å². The first kappa shape index (κ1) is 22.0. The van der Waals surface area contributed by atoms with E-state index in [4.69, 9.17) is 4.74 Å². The Morgan fingerprint density at radius 3 is 2.61 bits per heavy atom. The van der Waals surface area contributed by atoms with E-state index >= 15 is 0 Å². The molecule has 0 bridgehead atoms. The molecule has 4 rings (SSSR count). The van der Waals surface area contributed by atoms with Gasteiger partial charge in [-0.1, -0.05) is 12.1 Å². The van der Waals surface area contributed by atoms with Gasteiger partial charge in [0.15, 0.2) is 5.78 Å². The van der Waals surface area contributed by atoms with E-state index in [0.717, 1.165) is 62.1 Å². The Bertz CT molecular complexity index is 1020. The Labute approximate surface area is 184 Å². The summed E-state index contributed by atoms with van der Waals surface area (Å²) in [4.78, 5) is 14.6. The lowest BCUT2D eigenvalue weighted by Gasteiger charge is -2.25. The molecule has 1 saturated carbocycles. The molecule has 2 aromatic rings. The van der Waals surface area contributed by atoms with Crippen molar-refractivity contribution < 1.29 is 17.9 Å². The number of carbonyl (C=O) groups is 1. The number of likely N-dealkylation sites (tertiary alicyclic amines) is 1. The largest absolute Gasteiger partial charge is 0.494 e. The molecule has 1 unspecified atom stereocenters. The summed E-state index contributed by atoms with van der Waals surface area (Å²) in [6.07, 6.45) is 4.41. The normalized spacial score (nSPS) is 19.5. The van der Waals surface area contributed by atoms with Crippen LogP contribution in [0.2, 0.25) is 0 Å². The number of sulfonamides is 1. The molecule has 0 spiro atoms. The predicted molar refractivity (Wildman–Crippen MR) is 120 cm³/mol. The van der Waals surface area contributed by atoms with Crippen LogP contribution in [0.4, 0.5) is 0 Å². The molecule has 1 heterocycles. The van der Waals surface area contributed by atoms with Crippen molar-refractivity contribution in [2.75, 3.05) is 19.7 Å². The molecule has 166 valence electrons. The summed E-state index contributed by atoms with van der Waals surface area (Å²) in [6.45, 7) is 4.07. The van der Waals surface area contributed by atoms with Crippen LogP contribution < -0.4 is 9.46 Å². The Balaban J connectivity index is 1.24. The van der Waals surface area contributed by atoms with Gasteiger partial charge in [-0.25, -0.2) is 8.42 Å². The molecule has 0 aromatic heterocycles. The summed E-state index contributed by atoms with van der Waals surface area (Å²) < 4.78 is 34.2. The fraction of sp³-hybridized carbons (Fsp3) is 0.458. The van der Waals surface area contributed by atoms with Crippen molar-refractivity contribution in [3.05, 3.63) is 59.7 Å². The van der Waals surface area contributed by atoms with Gasteiger partial charge < -0.3 is 4.74 Å². The second-order valence-electron chi connectivity index (χ2n) is 8.50. The number of nitrogens with zero attached hydrogens (tertiary/aromatic N) is 1. The van der Waals surface area contributed by atoms with Gasteiger partial charge in [-0.3, -0.25) is 9.69 Å². The smallest absolute Gasteiger partial charge is 0.241 e. The van der Waals surface area contributed by atoms with Crippen LogP contribution in [-0.4, -0.2) is 45.0 Å². The van der Waals surface area contributed by atoms with E-state index in [0.29, 0.717) is 11.5 Å². The van der Waals surface area contributed by atoms with Gasteiger partial charge in [0.1, 0.15) is 5.75 Å². The van der Waals surface area contributed by atoms with E-state index in [9.17, 15) is 13.2 Å². The molecular formula is C24H30N2O4S. The van der Waals surface area contributed by atoms with Gasteiger partial charge >= 0.3 is 0 Å². The number of carbonyl (C=O) groups excluding carboxylic acids is 1. The number of ketones is 1. The highest BCUT2D eigenvalue weighted by Gasteiger charge is 2.30. The van der Waals surface area contributed by atoms with Crippen molar-refractivity contribution in [3.63, 3.8) is 0 Å². The van der Waals surface area contributed by atoms with Crippen molar-refractivity contribution in [3.8, 4) is 5.75 Å². The molecule has 0 radical (unpaired) electrons. The summed E-state index contributed by atoms with van der Waals surface area (Å²) in [5.41, 5.74) is 1.68. The van der Waals surface area contributed by atoms with Gasteiger partial charge in [-0.15, -0.1) is 0 Å². The Hall–Kier alpha value is -2.22.